The molecule has 11 heavy (non-hydrogen) atoms. The summed E-state index contributed by atoms with van der Waals surface area (Å²) in [5.74, 6) is 0. The van der Waals surface area contributed by atoms with E-state index < -0.39 is 0 Å². The Bertz CT molecular complexity index is 221. The summed E-state index contributed by atoms with van der Waals surface area (Å²) < 4.78 is 2.08. The molecule has 1 aromatic rings. The third-order valence-corrected chi connectivity index (χ3v) is 1.83. The van der Waals surface area contributed by atoms with Crippen LogP contribution in [0.1, 0.15) is 25.5 Å². The van der Waals surface area contributed by atoms with Gasteiger partial charge in [0.2, 0.25) is 0 Å². The lowest BCUT2D eigenvalue weighted by Crippen LogP contribution is -2.33. The summed E-state index contributed by atoms with van der Waals surface area (Å²) in [6, 6.07) is 2.08. The molecule has 0 radical (unpaired) electrons. The van der Waals surface area contributed by atoms with E-state index >= 15 is 0 Å². The first-order valence-corrected chi connectivity index (χ1v) is 4.13. The molecule has 0 unspecified atom stereocenters. The molecule has 0 amide bonds. The van der Waals surface area contributed by atoms with E-state index in [4.69, 9.17) is 0 Å². The monoisotopic (exact) mass is 151 g/mol. The zero-order valence-electron chi connectivity index (χ0n) is 7.25. The summed E-state index contributed by atoms with van der Waals surface area (Å²) in [7, 11) is 2.04. The summed E-state index contributed by atoms with van der Waals surface area (Å²) in [6.45, 7) is 2.21. The fourth-order valence-corrected chi connectivity index (χ4v) is 1.08. The Balaban J connectivity index is 2.62. The summed E-state index contributed by atoms with van der Waals surface area (Å²) in [4.78, 5) is 4.02. The molecule has 0 N–H and O–H groups in total. The number of hydrogen-bond donors (Lipinski definition) is 0. The molecular weight excluding hydrogens is 136 g/mol. The number of hydrogen-bond acceptors (Lipinski definition) is 1. The van der Waals surface area contributed by atoms with E-state index in [1.807, 2.05) is 19.6 Å². The summed E-state index contributed by atoms with van der Waals surface area (Å²) in [5.41, 5.74) is 1.36. The average Bonchev–Trinajstić information content (AvgIpc) is 2.03. The van der Waals surface area contributed by atoms with Gasteiger partial charge in [-0.15, -0.1) is 0 Å². The molecule has 0 aliphatic rings. The molecule has 60 valence electrons. The van der Waals surface area contributed by atoms with Crippen molar-refractivity contribution < 1.29 is 4.57 Å². The van der Waals surface area contributed by atoms with Gasteiger partial charge in [-0.05, 0) is 6.42 Å². The van der Waals surface area contributed by atoms with Gasteiger partial charge in [0.1, 0.15) is 11.9 Å². The minimum Gasteiger partial charge on any atom is -0.237 e. The normalized spacial score (nSPS) is 10.0. The molecule has 1 aromatic heterocycles. The van der Waals surface area contributed by atoms with Crippen molar-refractivity contribution in [2.75, 3.05) is 0 Å². The van der Waals surface area contributed by atoms with Gasteiger partial charge in [0, 0.05) is 12.5 Å². The second-order valence-corrected chi connectivity index (χ2v) is 2.79. The van der Waals surface area contributed by atoms with Gasteiger partial charge in [0.25, 0.3) is 6.33 Å². The van der Waals surface area contributed by atoms with Gasteiger partial charge >= 0.3 is 0 Å². The Morgan fingerprint density at radius 2 is 2.36 bits per heavy atom. The van der Waals surface area contributed by atoms with E-state index in [1.165, 1.54) is 18.5 Å². The molecule has 0 aromatic carbocycles. The predicted molar refractivity (Wildman–Crippen MR) is 44.0 cm³/mol. The minimum absolute atomic E-state index is 1.16. The minimum atomic E-state index is 1.16. The molecule has 0 aliphatic heterocycles. The third kappa shape index (κ3) is 2.30. The Labute approximate surface area is 67.9 Å². The van der Waals surface area contributed by atoms with Gasteiger partial charge in [-0.25, -0.2) is 4.57 Å². The molecule has 1 heterocycles. The van der Waals surface area contributed by atoms with Crippen molar-refractivity contribution in [2.24, 2.45) is 7.05 Å². The van der Waals surface area contributed by atoms with Gasteiger partial charge in [-0.2, -0.15) is 0 Å². The Kier molecular flexibility index (Phi) is 3.02. The second-order valence-electron chi connectivity index (χ2n) is 2.79. The summed E-state index contributed by atoms with van der Waals surface area (Å²) in [6.07, 6.45) is 7.38. The Morgan fingerprint density at radius 3 is 3.00 bits per heavy atom. The molecule has 0 bridgehead atoms. The van der Waals surface area contributed by atoms with E-state index in [1.54, 1.807) is 0 Å². The van der Waals surface area contributed by atoms with Gasteiger partial charge in [0.05, 0.1) is 7.05 Å². The molecule has 0 spiro atoms. The van der Waals surface area contributed by atoms with Crippen LogP contribution in [0.5, 0.6) is 0 Å². The number of rotatable bonds is 3. The first kappa shape index (κ1) is 8.18. The average molecular weight is 151 g/mol. The largest absolute Gasteiger partial charge is 0.286 e. The van der Waals surface area contributed by atoms with Crippen LogP contribution in [0.15, 0.2) is 18.6 Å². The highest BCUT2D eigenvalue weighted by Crippen LogP contribution is 1.96. The zero-order chi connectivity index (χ0) is 8.10. The smallest absolute Gasteiger partial charge is 0.237 e. The number of aromatic nitrogens is 2. The highest BCUT2D eigenvalue weighted by molar-refractivity contribution is 4.90. The first-order chi connectivity index (χ1) is 5.34. The maximum atomic E-state index is 4.02. The summed E-state index contributed by atoms with van der Waals surface area (Å²) in [5, 5.41) is 0. The molecule has 0 saturated carbocycles. The fourth-order valence-electron chi connectivity index (χ4n) is 1.08. The molecule has 0 fully saturated rings. The zero-order valence-corrected chi connectivity index (χ0v) is 7.25. The predicted octanol–water partition coefficient (Wildman–Crippen LogP) is 1.25. The van der Waals surface area contributed by atoms with Gasteiger partial charge < -0.3 is 0 Å². The molecule has 0 saturated heterocycles. The third-order valence-electron chi connectivity index (χ3n) is 1.83. The number of aryl methyl sites for hydroxylation is 2. The van der Waals surface area contributed by atoms with Crippen molar-refractivity contribution in [1.29, 1.82) is 0 Å². The highest BCUT2D eigenvalue weighted by atomic mass is 15.0. The lowest BCUT2D eigenvalue weighted by Gasteiger charge is -1.98. The van der Waals surface area contributed by atoms with Crippen LogP contribution in [0, 0.1) is 0 Å². The van der Waals surface area contributed by atoms with Crippen molar-refractivity contribution in [1.82, 2.24) is 4.98 Å². The summed E-state index contributed by atoms with van der Waals surface area (Å²) >= 11 is 0. The van der Waals surface area contributed by atoms with Crippen LogP contribution in [0.3, 0.4) is 0 Å². The van der Waals surface area contributed by atoms with Crippen molar-refractivity contribution in [3.05, 3.63) is 24.3 Å². The van der Waals surface area contributed by atoms with E-state index in [-0.39, 0.29) is 0 Å². The van der Waals surface area contributed by atoms with Crippen molar-refractivity contribution in [3.8, 4) is 0 Å². The van der Waals surface area contributed by atoms with Crippen LogP contribution in [0.4, 0.5) is 0 Å². The Morgan fingerprint density at radius 1 is 1.55 bits per heavy atom. The maximum absolute atomic E-state index is 4.02. The first-order valence-electron chi connectivity index (χ1n) is 4.13. The van der Waals surface area contributed by atoms with E-state index in [0.29, 0.717) is 0 Å². The van der Waals surface area contributed by atoms with E-state index in [2.05, 4.69) is 22.5 Å². The lowest BCUT2D eigenvalue weighted by molar-refractivity contribution is -0.682. The van der Waals surface area contributed by atoms with Gasteiger partial charge in [-0.1, -0.05) is 18.3 Å². The standard InChI is InChI=1S/C9H15N2/c1-3-4-5-9-6-7-10-8-11(9)2/h6-8H,3-5H2,1-2H3/q+1. The van der Waals surface area contributed by atoms with Gasteiger partial charge in [-0.3, -0.25) is 0 Å². The molecule has 1 rings (SSSR count). The SMILES string of the molecule is CCCCc1ccnc[n+]1C. The van der Waals surface area contributed by atoms with Crippen LogP contribution < -0.4 is 4.57 Å². The van der Waals surface area contributed by atoms with E-state index in [9.17, 15) is 0 Å². The number of unbranched alkanes of at least 4 members (excludes halogenated alkanes) is 1. The second kappa shape index (κ2) is 4.06. The molecule has 0 aliphatic carbocycles. The fraction of sp³-hybridized carbons (Fsp3) is 0.556. The maximum Gasteiger partial charge on any atom is 0.286 e. The van der Waals surface area contributed by atoms with Crippen LogP contribution >= 0.6 is 0 Å². The molecular formula is C9H15N2+. The number of nitrogens with zero attached hydrogens (tertiary/aromatic N) is 2. The molecule has 2 nitrogen and oxygen atoms in total. The van der Waals surface area contributed by atoms with Crippen LogP contribution in [-0.4, -0.2) is 4.98 Å². The van der Waals surface area contributed by atoms with Gasteiger partial charge in [0.15, 0.2) is 0 Å². The van der Waals surface area contributed by atoms with Crippen molar-refractivity contribution in [2.45, 2.75) is 26.2 Å². The van der Waals surface area contributed by atoms with Crippen LogP contribution in [0.25, 0.3) is 0 Å². The molecule has 0 atom stereocenters. The van der Waals surface area contributed by atoms with Crippen molar-refractivity contribution >= 4 is 0 Å². The van der Waals surface area contributed by atoms with Crippen LogP contribution in [-0.2, 0) is 13.5 Å². The lowest BCUT2D eigenvalue weighted by atomic mass is 10.2. The van der Waals surface area contributed by atoms with Crippen LogP contribution in [0.2, 0.25) is 0 Å². The topological polar surface area (TPSA) is 16.8 Å². The van der Waals surface area contributed by atoms with E-state index in [0.717, 1.165) is 6.42 Å². The Hall–Kier alpha value is -0.920. The quantitative estimate of drug-likeness (QED) is 0.594. The molecule has 2 heteroatoms. The van der Waals surface area contributed by atoms with Crippen molar-refractivity contribution in [3.63, 3.8) is 0 Å². The highest BCUT2D eigenvalue weighted by Gasteiger charge is 2.00.